The molecule has 0 rings (SSSR count). The Morgan fingerprint density at radius 3 is 1.00 bits per heavy atom. The van der Waals surface area contributed by atoms with Gasteiger partial charge in [0.05, 0.1) is 5.92 Å². The van der Waals surface area contributed by atoms with Crippen LogP contribution < -0.4 is 0 Å². The van der Waals surface area contributed by atoms with Crippen molar-refractivity contribution in [3.63, 3.8) is 0 Å². The molecule has 0 saturated carbocycles. The minimum absolute atomic E-state index is 0.122. The monoisotopic (exact) mass is 254 g/mol. The predicted molar refractivity (Wildman–Crippen MR) is 69.0 cm³/mol. The Morgan fingerprint density at radius 1 is 0.647 bits per heavy atom. The lowest BCUT2D eigenvalue weighted by molar-refractivity contribution is -0.173. The third kappa shape index (κ3) is 15.8. The van der Waals surface area contributed by atoms with Gasteiger partial charge in [0, 0.05) is 0 Å². The van der Waals surface area contributed by atoms with Gasteiger partial charge in [0.2, 0.25) is 0 Å². The normalized spacial score (nSPS) is 13.9. The molecule has 0 saturated heterocycles. The largest absolute Gasteiger partial charge is 0.391 e. The molecule has 0 aliphatic rings. The first-order valence-electron chi connectivity index (χ1n) is 6.53. The van der Waals surface area contributed by atoms with E-state index in [1.54, 1.807) is 13.8 Å². The van der Waals surface area contributed by atoms with Crippen molar-refractivity contribution in [1.29, 1.82) is 0 Å². The van der Waals surface area contributed by atoms with Crippen LogP contribution in [0.5, 0.6) is 0 Å². The van der Waals surface area contributed by atoms with Crippen molar-refractivity contribution >= 4 is 0 Å². The average molecular weight is 254 g/mol. The van der Waals surface area contributed by atoms with Crippen molar-refractivity contribution in [2.45, 2.75) is 67.5 Å². The van der Waals surface area contributed by atoms with Crippen LogP contribution in [-0.2, 0) is 0 Å². The van der Waals surface area contributed by atoms with Gasteiger partial charge in [0.15, 0.2) is 0 Å². The van der Waals surface area contributed by atoms with E-state index in [1.165, 1.54) is 13.3 Å². The Morgan fingerprint density at radius 2 is 0.941 bits per heavy atom. The third-order valence-corrected chi connectivity index (χ3v) is 2.33. The molecule has 0 aromatic carbocycles. The number of halogens is 3. The van der Waals surface area contributed by atoms with Crippen molar-refractivity contribution < 1.29 is 13.2 Å². The Bertz CT molecular complexity index is 163. The highest BCUT2D eigenvalue weighted by Crippen LogP contribution is 2.30. The highest BCUT2D eigenvalue weighted by molar-refractivity contribution is 4.63. The summed E-state index contributed by atoms with van der Waals surface area (Å²) in [6.45, 7) is 13.9. The van der Waals surface area contributed by atoms with Crippen LogP contribution in [0, 0.1) is 23.7 Å². The number of hydrogen-bond donors (Lipinski definition) is 0. The molecule has 0 amide bonds. The molecule has 0 nitrogen and oxygen atoms in total. The second-order valence-corrected chi connectivity index (χ2v) is 6.10. The standard InChI is InChI=1S/C7H13F3.C7H16/c1-5(2)4-6(3)7(8,9)10;1-6(2)5-7(3)4/h5-6H,4H2,1-3H3;6-7H,5H2,1-4H3. The van der Waals surface area contributed by atoms with E-state index in [9.17, 15) is 13.2 Å². The van der Waals surface area contributed by atoms with Crippen LogP contribution in [0.4, 0.5) is 13.2 Å². The predicted octanol–water partition coefficient (Wildman–Crippen LogP) is 5.92. The van der Waals surface area contributed by atoms with Crippen LogP contribution in [0.15, 0.2) is 0 Å². The van der Waals surface area contributed by atoms with E-state index in [2.05, 4.69) is 27.7 Å². The van der Waals surface area contributed by atoms with Gasteiger partial charge in [0.25, 0.3) is 0 Å². The summed E-state index contributed by atoms with van der Waals surface area (Å²) in [6.07, 6.45) is -2.42. The summed E-state index contributed by atoms with van der Waals surface area (Å²) in [5.41, 5.74) is 0. The maximum absolute atomic E-state index is 11.8. The number of rotatable bonds is 4. The van der Waals surface area contributed by atoms with Gasteiger partial charge in [-0.05, 0) is 30.6 Å². The van der Waals surface area contributed by atoms with Gasteiger partial charge in [-0.3, -0.25) is 0 Å². The van der Waals surface area contributed by atoms with Crippen LogP contribution in [0.1, 0.15) is 61.3 Å². The molecule has 0 aliphatic heterocycles. The van der Waals surface area contributed by atoms with E-state index in [0.29, 0.717) is 0 Å². The van der Waals surface area contributed by atoms with Crippen LogP contribution in [0.2, 0.25) is 0 Å². The molecule has 0 bridgehead atoms. The summed E-state index contributed by atoms with van der Waals surface area (Å²) in [6, 6.07) is 0. The summed E-state index contributed by atoms with van der Waals surface area (Å²) in [7, 11) is 0. The Kier molecular flexibility index (Phi) is 9.93. The Balaban J connectivity index is 0. The number of alkyl halides is 3. The van der Waals surface area contributed by atoms with E-state index in [4.69, 9.17) is 0 Å². The SMILES string of the molecule is CC(C)CC(C)C.CC(C)CC(C)C(F)(F)F. The first kappa shape index (κ1) is 19.1. The van der Waals surface area contributed by atoms with E-state index < -0.39 is 12.1 Å². The average Bonchev–Trinajstić information content (AvgIpc) is 1.98. The molecule has 0 fully saturated rings. The van der Waals surface area contributed by atoms with E-state index in [1.807, 2.05) is 0 Å². The van der Waals surface area contributed by atoms with Gasteiger partial charge < -0.3 is 0 Å². The molecule has 0 heterocycles. The first-order chi connectivity index (χ1) is 7.46. The molecule has 0 radical (unpaired) electrons. The maximum Gasteiger partial charge on any atom is 0.391 e. The van der Waals surface area contributed by atoms with E-state index >= 15 is 0 Å². The van der Waals surface area contributed by atoms with Gasteiger partial charge in [-0.25, -0.2) is 0 Å². The molecule has 0 aromatic heterocycles. The summed E-state index contributed by atoms with van der Waals surface area (Å²) >= 11 is 0. The lowest BCUT2D eigenvalue weighted by atomic mass is 9.99. The zero-order valence-corrected chi connectivity index (χ0v) is 12.4. The van der Waals surface area contributed by atoms with Crippen molar-refractivity contribution in [2.24, 2.45) is 23.7 Å². The molecule has 1 atom stereocenters. The van der Waals surface area contributed by atoms with Gasteiger partial charge in [0.1, 0.15) is 0 Å². The second-order valence-electron chi connectivity index (χ2n) is 6.10. The number of hydrogen-bond acceptors (Lipinski definition) is 0. The Hall–Kier alpha value is -0.210. The summed E-state index contributed by atoms with van der Waals surface area (Å²) < 4.78 is 35.4. The summed E-state index contributed by atoms with van der Waals surface area (Å²) in [5.74, 6) is 0.712. The van der Waals surface area contributed by atoms with E-state index in [-0.39, 0.29) is 12.3 Å². The molecule has 106 valence electrons. The molecule has 0 aliphatic carbocycles. The fourth-order valence-electron chi connectivity index (χ4n) is 1.78. The van der Waals surface area contributed by atoms with Gasteiger partial charge in [-0.15, -0.1) is 0 Å². The molecule has 1 unspecified atom stereocenters. The van der Waals surface area contributed by atoms with Crippen LogP contribution >= 0.6 is 0 Å². The van der Waals surface area contributed by atoms with Gasteiger partial charge in [-0.2, -0.15) is 13.2 Å². The third-order valence-electron chi connectivity index (χ3n) is 2.33. The summed E-state index contributed by atoms with van der Waals surface area (Å²) in [5, 5.41) is 0. The molecule has 0 aromatic rings. The fraction of sp³-hybridized carbons (Fsp3) is 1.00. The van der Waals surface area contributed by atoms with Gasteiger partial charge >= 0.3 is 6.18 Å². The molecular formula is C14H29F3. The summed E-state index contributed by atoms with van der Waals surface area (Å²) in [4.78, 5) is 0. The molecule has 0 N–H and O–H groups in total. The fourth-order valence-corrected chi connectivity index (χ4v) is 1.78. The Labute approximate surface area is 105 Å². The zero-order valence-electron chi connectivity index (χ0n) is 12.4. The second kappa shape index (κ2) is 8.82. The van der Waals surface area contributed by atoms with Crippen LogP contribution in [0.3, 0.4) is 0 Å². The van der Waals surface area contributed by atoms with Gasteiger partial charge in [-0.1, -0.05) is 48.5 Å². The molecule has 3 heteroatoms. The van der Waals surface area contributed by atoms with Crippen LogP contribution in [-0.4, -0.2) is 6.18 Å². The van der Waals surface area contributed by atoms with E-state index in [0.717, 1.165) is 11.8 Å². The maximum atomic E-state index is 11.8. The molecule has 17 heavy (non-hydrogen) atoms. The quantitative estimate of drug-likeness (QED) is 0.584. The van der Waals surface area contributed by atoms with Crippen molar-refractivity contribution in [3.05, 3.63) is 0 Å². The smallest absolute Gasteiger partial charge is 0.171 e. The highest BCUT2D eigenvalue weighted by Gasteiger charge is 2.35. The molecule has 0 spiro atoms. The lowest BCUT2D eigenvalue weighted by Gasteiger charge is -2.16. The topological polar surface area (TPSA) is 0 Å². The minimum Gasteiger partial charge on any atom is -0.171 e. The van der Waals surface area contributed by atoms with Crippen LogP contribution in [0.25, 0.3) is 0 Å². The zero-order chi connectivity index (χ0) is 14.2. The van der Waals surface area contributed by atoms with Crippen molar-refractivity contribution in [3.8, 4) is 0 Å². The molecular weight excluding hydrogens is 225 g/mol. The first-order valence-corrected chi connectivity index (χ1v) is 6.53. The van der Waals surface area contributed by atoms with Crippen molar-refractivity contribution in [1.82, 2.24) is 0 Å². The highest BCUT2D eigenvalue weighted by atomic mass is 19.4. The lowest BCUT2D eigenvalue weighted by Crippen LogP contribution is -2.21. The van der Waals surface area contributed by atoms with Crippen molar-refractivity contribution in [2.75, 3.05) is 0 Å². The minimum atomic E-state index is -4.01.